The highest BCUT2D eigenvalue weighted by Crippen LogP contribution is 2.33. The van der Waals surface area contributed by atoms with Gasteiger partial charge in [-0.2, -0.15) is 5.26 Å². The molecule has 0 aliphatic heterocycles. The number of nitrogens with one attached hydrogen (secondary N) is 1. The van der Waals surface area contributed by atoms with Crippen LogP contribution in [0.2, 0.25) is 0 Å². The molecule has 1 N–H and O–H groups in total. The van der Waals surface area contributed by atoms with Crippen LogP contribution in [0.5, 0.6) is 0 Å². The zero-order valence-corrected chi connectivity index (χ0v) is 9.79. The van der Waals surface area contributed by atoms with Gasteiger partial charge in [0.25, 0.3) is 0 Å². The van der Waals surface area contributed by atoms with Gasteiger partial charge in [0.05, 0.1) is 6.07 Å². The molecule has 1 aliphatic rings. The van der Waals surface area contributed by atoms with Crippen molar-refractivity contribution in [1.82, 2.24) is 5.32 Å². The van der Waals surface area contributed by atoms with Crippen molar-refractivity contribution in [1.29, 1.82) is 5.26 Å². The van der Waals surface area contributed by atoms with Crippen molar-refractivity contribution in [3.05, 3.63) is 0 Å². The van der Waals surface area contributed by atoms with Crippen molar-refractivity contribution in [2.75, 3.05) is 0 Å². The number of hydrogen-bond donors (Lipinski definition) is 1. The van der Waals surface area contributed by atoms with Crippen LogP contribution in [0.25, 0.3) is 0 Å². The molecule has 0 aromatic rings. The average Bonchev–Trinajstić information content (AvgIpc) is 2.87. The maximum atomic E-state index is 11.7. The van der Waals surface area contributed by atoms with Crippen molar-refractivity contribution >= 4 is 5.91 Å². The van der Waals surface area contributed by atoms with Crippen molar-refractivity contribution < 1.29 is 4.79 Å². The molecule has 0 aromatic heterocycles. The second kappa shape index (κ2) is 5.16. The van der Waals surface area contributed by atoms with Gasteiger partial charge in [0.1, 0.15) is 5.92 Å². The zero-order valence-electron chi connectivity index (χ0n) is 9.79. The molecule has 2 atom stereocenters. The summed E-state index contributed by atoms with van der Waals surface area (Å²) < 4.78 is 0. The van der Waals surface area contributed by atoms with Crippen LogP contribution in [0.1, 0.15) is 40.0 Å². The van der Waals surface area contributed by atoms with Crippen LogP contribution in [-0.4, -0.2) is 11.9 Å². The van der Waals surface area contributed by atoms with E-state index in [9.17, 15) is 4.79 Å². The Bertz CT molecular complexity index is 263. The number of amides is 1. The molecule has 1 amide bonds. The Kier molecular flexibility index (Phi) is 4.14. The quantitative estimate of drug-likeness (QED) is 0.752. The third-order valence-electron chi connectivity index (χ3n) is 2.86. The molecular formula is C12H20N2O. The molecule has 0 bridgehead atoms. The van der Waals surface area contributed by atoms with Crippen LogP contribution in [0, 0.1) is 29.1 Å². The van der Waals surface area contributed by atoms with Gasteiger partial charge in [-0.05, 0) is 25.2 Å². The Labute approximate surface area is 91.9 Å². The topological polar surface area (TPSA) is 52.9 Å². The number of rotatable bonds is 5. The van der Waals surface area contributed by atoms with Gasteiger partial charge >= 0.3 is 0 Å². The Balaban J connectivity index is 2.35. The molecule has 0 spiro atoms. The van der Waals surface area contributed by atoms with E-state index in [1.807, 2.05) is 20.8 Å². The Morgan fingerprint density at radius 2 is 2.07 bits per heavy atom. The summed E-state index contributed by atoms with van der Waals surface area (Å²) in [6.07, 6.45) is 3.65. The first-order valence-corrected chi connectivity index (χ1v) is 5.74. The Morgan fingerprint density at radius 1 is 1.47 bits per heavy atom. The SMILES string of the molecule is CC(CC1CC1)NC(=O)C(C#N)C(C)C. The van der Waals surface area contributed by atoms with E-state index < -0.39 is 5.92 Å². The van der Waals surface area contributed by atoms with E-state index in [1.165, 1.54) is 12.8 Å². The molecule has 0 saturated heterocycles. The molecule has 2 unspecified atom stereocenters. The minimum atomic E-state index is -0.508. The summed E-state index contributed by atoms with van der Waals surface area (Å²) in [5.41, 5.74) is 0. The summed E-state index contributed by atoms with van der Waals surface area (Å²) in [5, 5.41) is 11.8. The second-order valence-corrected chi connectivity index (χ2v) is 4.94. The van der Waals surface area contributed by atoms with E-state index in [0.29, 0.717) is 0 Å². The predicted octanol–water partition coefficient (Wildman–Crippen LogP) is 2.09. The van der Waals surface area contributed by atoms with E-state index in [0.717, 1.165) is 12.3 Å². The minimum absolute atomic E-state index is 0.0862. The average molecular weight is 208 g/mol. The first kappa shape index (κ1) is 12.0. The van der Waals surface area contributed by atoms with Crippen LogP contribution in [0.3, 0.4) is 0 Å². The molecule has 15 heavy (non-hydrogen) atoms. The highest BCUT2D eigenvalue weighted by Gasteiger charge is 2.27. The fourth-order valence-electron chi connectivity index (χ4n) is 1.76. The summed E-state index contributed by atoms with van der Waals surface area (Å²) in [6, 6.07) is 2.27. The van der Waals surface area contributed by atoms with Crippen molar-refractivity contribution in [2.45, 2.75) is 46.1 Å². The molecule has 1 aliphatic carbocycles. The molecule has 1 fully saturated rings. The Hall–Kier alpha value is -1.04. The van der Waals surface area contributed by atoms with E-state index >= 15 is 0 Å². The smallest absolute Gasteiger partial charge is 0.237 e. The molecule has 1 saturated carbocycles. The van der Waals surface area contributed by atoms with Crippen molar-refractivity contribution in [3.8, 4) is 6.07 Å². The van der Waals surface area contributed by atoms with Gasteiger partial charge < -0.3 is 5.32 Å². The molecule has 0 aromatic carbocycles. The lowest BCUT2D eigenvalue weighted by Gasteiger charge is -2.17. The first-order valence-electron chi connectivity index (χ1n) is 5.74. The lowest BCUT2D eigenvalue weighted by atomic mass is 9.96. The normalized spacial score (nSPS) is 19.4. The lowest BCUT2D eigenvalue weighted by Crippen LogP contribution is -2.38. The van der Waals surface area contributed by atoms with Gasteiger partial charge in [-0.1, -0.05) is 26.7 Å². The fraction of sp³-hybridized carbons (Fsp3) is 0.833. The summed E-state index contributed by atoms with van der Waals surface area (Å²) in [7, 11) is 0. The monoisotopic (exact) mass is 208 g/mol. The van der Waals surface area contributed by atoms with Gasteiger partial charge in [-0.25, -0.2) is 0 Å². The number of nitrogens with zero attached hydrogens (tertiary/aromatic N) is 1. The molecular weight excluding hydrogens is 188 g/mol. The molecule has 84 valence electrons. The van der Waals surface area contributed by atoms with E-state index in [1.54, 1.807) is 0 Å². The number of carbonyl (C=O) groups is 1. The van der Waals surface area contributed by atoms with Gasteiger partial charge in [0, 0.05) is 6.04 Å². The largest absolute Gasteiger partial charge is 0.352 e. The fourth-order valence-corrected chi connectivity index (χ4v) is 1.76. The third-order valence-corrected chi connectivity index (χ3v) is 2.86. The Morgan fingerprint density at radius 3 is 2.47 bits per heavy atom. The van der Waals surface area contributed by atoms with Crippen LogP contribution in [0.15, 0.2) is 0 Å². The number of nitriles is 1. The number of hydrogen-bond acceptors (Lipinski definition) is 2. The summed E-state index contributed by atoms with van der Waals surface area (Å²) in [4.78, 5) is 11.7. The van der Waals surface area contributed by atoms with Gasteiger partial charge in [0.2, 0.25) is 5.91 Å². The summed E-state index contributed by atoms with van der Waals surface area (Å²) in [6.45, 7) is 5.82. The van der Waals surface area contributed by atoms with Crippen LogP contribution < -0.4 is 5.32 Å². The maximum Gasteiger partial charge on any atom is 0.237 e. The van der Waals surface area contributed by atoms with E-state index in [4.69, 9.17) is 5.26 Å². The van der Waals surface area contributed by atoms with Crippen LogP contribution in [-0.2, 0) is 4.79 Å². The molecule has 3 nitrogen and oxygen atoms in total. The van der Waals surface area contributed by atoms with Gasteiger partial charge in [0.15, 0.2) is 0 Å². The highest BCUT2D eigenvalue weighted by molar-refractivity contribution is 5.81. The molecule has 0 radical (unpaired) electrons. The molecule has 3 heteroatoms. The molecule has 0 heterocycles. The predicted molar refractivity (Wildman–Crippen MR) is 58.9 cm³/mol. The van der Waals surface area contributed by atoms with Gasteiger partial charge in [-0.3, -0.25) is 4.79 Å². The third kappa shape index (κ3) is 3.91. The number of carbonyl (C=O) groups excluding carboxylic acids is 1. The van der Waals surface area contributed by atoms with Crippen LogP contribution >= 0.6 is 0 Å². The van der Waals surface area contributed by atoms with Gasteiger partial charge in [-0.15, -0.1) is 0 Å². The molecule has 1 rings (SSSR count). The maximum absolute atomic E-state index is 11.7. The lowest BCUT2D eigenvalue weighted by molar-refractivity contribution is -0.125. The summed E-state index contributed by atoms with van der Waals surface area (Å²) in [5.74, 6) is 0.273. The highest BCUT2D eigenvalue weighted by atomic mass is 16.1. The standard InChI is InChI=1S/C12H20N2O/c1-8(2)11(7-13)12(15)14-9(3)6-10-4-5-10/h8-11H,4-6H2,1-3H3,(H,14,15). The zero-order chi connectivity index (χ0) is 11.4. The van der Waals surface area contributed by atoms with Crippen LogP contribution in [0.4, 0.5) is 0 Å². The van der Waals surface area contributed by atoms with Crippen molar-refractivity contribution in [2.24, 2.45) is 17.8 Å². The minimum Gasteiger partial charge on any atom is -0.352 e. The second-order valence-electron chi connectivity index (χ2n) is 4.94. The van der Waals surface area contributed by atoms with Crippen molar-refractivity contribution in [3.63, 3.8) is 0 Å². The summed E-state index contributed by atoms with van der Waals surface area (Å²) >= 11 is 0. The first-order chi connectivity index (χ1) is 7.04. The van der Waals surface area contributed by atoms with E-state index in [2.05, 4.69) is 11.4 Å². The van der Waals surface area contributed by atoms with E-state index in [-0.39, 0.29) is 17.9 Å².